The summed E-state index contributed by atoms with van der Waals surface area (Å²) < 4.78 is 43.5. The number of hydrogen-bond acceptors (Lipinski definition) is 5. The summed E-state index contributed by atoms with van der Waals surface area (Å²) in [5, 5.41) is 11.5. The standard InChI is InChI=1S/C13H12FN3O3S/c1-16-21(18,19)13-5-3-11(20-13)8-17-10-2-4-12(14)9(6-10)7-15/h2-6,16-17H,8H2,1H3. The molecular weight excluding hydrogens is 297 g/mol. The first-order chi connectivity index (χ1) is 9.96. The highest BCUT2D eigenvalue weighted by molar-refractivity contribution is 7.89. The minimum Gasteiger partial charge on any atom is -0.446 e. The molecule has 2 rings (SSSR count). The van der Waals surface area contributed by atoms with Gasteiger partial charge >= 0.3 is 0 Å². The number of nitrogens with zero attached hydrogens (tertiary/aromatic N) is 1. The number of sulfonamides is 1. The molecule has 0 aliphatic carbocycles. The van der Waals surface area contributed by atoms with Gasteiger partial charge in [0.25, 0.3) is 10.0 Å². The quantitative estimate of drug-likeness (QED) is 0.878. The summed E-state index contributed by atoms with van der Waals surface area (Å²) in [6.07, 6.45) is 0. The predicted molar refractivity (Wildman–Crippen MR) is 73.4 cm³/mol. The van der Waals surface area contributed by atoms with E-state index in [0.29, 0.717) is 11.4 Å². The van der Waals surface area contributed by atoms with E-state index in [9.17, 15) is 12.8 Å². The number of nitrogens with one attached hydrogen (secondary N) is 2. The summed E-state index contributed by atoms with van der Waals surface area (Å²) in [7, 11) is -2.32. The average Bonchev–Trinajstić information content (AvgIpc) is 2.96. The molecule has 2 aromatic rings. The zero-order valence-electron chi connectivity index (χ0n) is 11.1. The molecule has 8 heteroatoms. The molecular formula is C13H12FN3O3S. The SMILES string of the molecule is CNS(=O)(=O)c1ccc(CNc2ccc(F)c(C#N)c2)o1. The van der Waals surface area contributed by atoms with Crippen molar-refractivity contribution in [3.8, 4) is 6.07 Å². The Morgan fingerprint density at radius 1 is 1.33 bits per heavy atom. The van der Waals surface area contributed by atoms with Crippen molar-refractivity contribution >= 4 is 15.7 Å². The summed E-state index contributed by atoms with van der Waals surface area (Å²) in [6.45, 7) is 0.204. The highest BCUT2D eigenvalue weighted by Gasteiger charge is 2.16. The van der Waals surface area contributed by atoms with Gasteiger partial charge in [-0.05, 0) is 37.4 Å². The molecule has 0 amide bonds. The summed E-state index contributed by atoms with van der Waals surface area (Å²) in [5.41, 5.74) is 0.459. The molecule has 0 unspecified atom stereocenters. The van der Waals surface area contributed by atoms with Crippen LogP contribution >= 0.6 is 0 Å². The first-order valence-corrected chi connectivity index (χ1v) is 7.40. The average molecular weight is 309 g/mol. The van der Waals surface area contributed by atoms with Crippen molar-refractivity contribution in [3.63, 3.8) is 0 Å². The monoisotopic (exact) mass is 309 g/mol. The fraction of sp³-hybridized carbons (Fsp3) is 0.154. The highest BCUT2D eigenvalue weighted by atomic mass is 32.2. The van der Waals surface area contributed by atoms with Crippen molar-refractivity contribution in [2.24, 2.45) is 0 Å². The Hall–Kier alpha value is -2.37. The lowest BCUT2D eigenvalue weighted by Gasteiger charge is -2.05. The van der Waals surface area contributed by atoms with Gasteiger partial charge in [-0.2, -0.15) is 5.26 Å². The second kappa shape index (κ2) is 5.95. The molecule has 1 aromatic carbocycles. The Labute approximate surface area is 121 Å². The molecule has 0 aliphatic rings. The van der Waals surface area contributed by atoms with Crippen molar-refractivity contribution in [1.82, 2.24) is 4.72 Å². The van der Waals surface area contributed by atoms with Crippen LogP contribution in [0.4, 0.5) is 10.1 Å². The van der Waals surface area contributed by atoms with E-state index in [1.807, 2.05) is 0 Å². The van der Waals surface area contributed by atoms with Crippen molar-refractivity contribution < 1.29 is 17.2 Å². The third-order valence-corrected chi connectivity index (χ3v) is 4.01. The summed E-state index contributed by atoms with van der Waals surface area (Å²) in [6, 6.07) is 8.62. The van der Waals surface area contributed by atoms with Crippen LogP contribution in [0.3, 0.4) is 0 Å². The molecule has 2 N–H and O–H groups in total. The van der Waals surface area contributed by atoms with Crippen molar-refractivity contribution in [1.29, 1.82) is 5.26 Å². The van der Waals surface area contributed by atoms with Crippen LogP contribution < -0.4 is 10.0 Å². The second-order valence-electron chi connectivity index (χ2n) is 4.09. The van der Waals surface area contributed by atoms with E-state index in [0.717, 1.165) is 0 Å². The molecule has 0 fully saturated rings. The molecule has 21 heavy (non-hydrogen) atoms. The zero-order valence-corrected chi connectivity index (χ0v) is 11.9. The van der Waals surface area contributed by atoms with Gasteiger partial charge in [0.2, 0.25) is 5.09 Å². The lowest BCUT2D eigenvalue weighted by atomic mass is 10.2. The van der Waals surface area contributed by atoms with E-state index >= 15 is 0 Å². The van der Waals surface area contributed by atoms with Crippen LogP contribution in [0, 0.1) is 17.1 Å². The molecule has 0 saturated carbocycles. The number of rotatable bonds is 5. The molecule has 0 aliphatic heterocycles. The molecule has 0 saturated heterocycles. The topological polar surface area (TPSA) is 95.1 Å². The zero-order chi connectivity index (χ0) is 15.5. The molecule has 1 heterocycles. The van der Waals surface area contributed by atoms with Gasteiger partial charge in [-0.1, -0.05) is 0 Å². The van der Waals surface area contributed by atoms with Gasteiger partial charge in [-0.3, -0.25) is 0 Å². The summed E-state index contributed by atoms with van der Waals surface area (Å²) in [4.78, 5) is 0. The summed E-state index contributed by atoms with van der Waals surface area (Å²) >= 11 is 0. The predicted octanol–water partition coefficient (Wildman–Crippen LogP) is 1.81. The fourth-order valence-corrected chi connectivity index (χ4v) is 2.27. The minimum atomic E-state index is -3.61. The molecule has 0 bridgehead atoms. The maximum Gasteiger partial charge on any atom is 0.273 e. The molecule has 110 valence electrons. The number of hydrogen-bond donors (Lipinski definition) is 2. The van der Waals surface area contributed by atoms with Crippen molar-refractivity contribution in [2.75, 3.05) is 12.4 Å². The van der Waals surface area contributed by atoms with E-state index in [1.54, 1.807) is 6.07 Å². The Bertz CT molecular complexity index is 793. The smallest absolute Gasteiger partial charge is 0.273 e. The van der Waals surface area contributed by atoms with Gasteiger partial charge < -0.3 is 9.73 Å². The van der Waals surface area contributed by atoms with Crippen LogP contribution in [0.15, 0.2) is 39.8 Å². The second-order valence-corrected chi connectivity index (χ2v) is 5.91. The van der Waals surface area contributed by atoms with Crippen molar-refractivity contribution in [2.45, 2.75) is 11.6 Å². The normalized spacial score (nSPS) is 11.1. The van der Waals surface area contributed by atoms with Gasteiger partial charge in [0, 0.05) is 5.69 Å². The van der Waals surface area contributed by atoms with E-state index < -0.39 is 15.8 Å². The fourth-order valence-electron chi connectivity index (χ4n) is 1.61. The summed E-state index contributed by atoms with van der Waals surface area (Å²) in [5.74, 6) is -0.199. The van der Waals surface area contributed by atoms with E-state index in [2.05, 4.69) is 10.0 Å². The lowest BCUT2D eigenvalue weighted by Crippen LogP contribution is -2.17. The Kier molecular flexibility index (Phi) is 4.26. The van der Waals surface area contributed by atoms with Crippen LogP contribution in [0.5, 0.6) is 0 Å². The minimum absolute atomic E-state index is 0.0714. The molecule has 0 atom stereocenters. The lowest BCUT2D eigenvalue weighted by molar-refractivity contribution is 0.417. The number of nitriles is 1. The maximum atomic E-state index is 13.2. The first kappa shape index (κ1) is 15.0. The Morgan fingerprint density at radius 3 is 2.76 bits per heavy atom. The highest BCUT2D eigenvalue weighted by Crippen LogP contribution is 2.17. The molecule has 0 spiro atoms. The van der Waals surface area contributed by atoms with E-state index in [4.69, 9.17) is 9.68 Å². The Morgan fingerprint density at radius 2 is 2.10 bits per heavy atom. The Balaban J connectivity index is 2.09. The van der Waals surface area contributed by atoms with Crippen LogP contribution in [0.25, 0.3) is 0 Å². The van der Waals surface area contributed by atoms with Crippen LogP contribution in [-0.2, 0) is 16.6 Å². The number of furan rings is 1. The molecule has 6 nitrogen and oxygen atoms in total. The molecule has 1 aromatic heterocycles. The van der Waals surface area contributed by atoms with Gasteiger partial charge in [-0.15, -0.1) is 0 Å². The van der Waals surface area contributed by atoms with E-state index in [-0.39, 0.29) is 17.2 Å². The number of benzene rings is 1. The third-order valence-electron chi connectivity index (χ3n) is 2.72. The van der Waals surface area contributed by atoms with Gasteiger partial charge in [-0.25, -0.2) is 17.5 Å². The van der Waals surface area contributed by atoms with E-state index in [1.165, 1.54) is 37.4 Å². The van der Waals surface area contributed by atoms with Gasteiger partial charge in [0.05, 0.1) is 12.1 Å². The first-order valence-electron chi connectivity index (χ1n) is 5.92. The largest absolute Gasteiger partial charge is 0.446 e. The number of halogens is 1. The van der Waals surface area contributed by atoms with Crippen molar-refractivity contribution in [3.05, 3.63) is 47.5 Å². The number of anilines is 1. The van der Waals surface area contributed by atoms with Crippen LogP contribution in [0.1, 0.15) is 11.3 Å². The van der Waals surface area contributed by atoms with Crippen LogP contribution in [0.2, 0.25) is 0 Å². The van der Waals surface area contributed by atoms with Gasteiger partial charge in [0.1, 0.15) is 17.6 Å². The maximum absolute atomic E-state index is 13.2. The van der Waals surface area contributed by atoms with Gasteiger partial charge in [0.15, 0.2) is 0 Å². The third kappa shape index (κ3) is 3.39. The molecule has 0 radical (unpaired) electrons. The van der Waals surface area contributed by atoms with Crippen LogP contribution in [-0.4, -0.2) is 15.5 Å².